The number of halogens is 3. The second-order valence-electron chi connectivity index (χ2n) is 4.41. The largest absolute Gasteiger partial charge is 0.326 e. The van der Waals surface area contributed by atoms with Gasteiger partial charge in [-0.2, -0.15) is 0 Å². The molecule has 0 atom stereocenters. The van der Waals surface area contributed by atoms with Crippen LogP contribution in [0.4, 0.5) is 15.8 Å². The van der Waals surface area contributed by atoms with Gasteiger partial charge in [-0.15, -0.1) is 0 Å². The van der Waals surface area contributed by atoms with Gasteiger partial charge in [-0.3, -0.25) is 9.59 Å². The van der Waals surface area contributed by atoms with E-state index in [-0.39, 0.29) is 6.42 Å². The number of hydrogen-bond acceptors (Lipinski definition) is 2. The Balaban J connectivity index is 1.89. The molecule has 0 bridgehead atoms. The summed E-state index contributed by atoms with van der Waals surface area (Å²) in [7, 11) is 0. The summed E-state index contributed by atoms with van der Waals surface area (Å²) in [5.41, 5.74) is 0.850. The number of hydrogen-bond donors (Lipinski definition) is 2. The van der Waals surface area contributed by atoms with E-state index in [1.807, 2.05) is 0 Å². The summed E-state index contributed by atoms with van der Waals surface area (Å²) >= 11 is 11.6. The van der Waals surface area contributed by atoms with E-state index < -0.39 is 17.6 Å². The molecule has 0 unspecified atom stereocenters. The summed E-state index contributed by atoms with van der Waals surface area (Å²) in [5.74, 6) is -1.42. The second kappa shape index (κ2) is 7.24. The number of anilines is 2. The smallest absolute Gasteiger partial charge is 0.233 e. The zero-order chi connectivity index (χ0) is 16.1. The van der Waals surface area contributed by atoms with E-state index in [0.29, 0.717) is 21.4 Å². The zero-order valence-electron chi connectivity index (χ0n) is 11.2. The lowest BCUT2D eigenvalue weighted by Crippen LogP contribution is -2.21. The highest BCUT2D eigenvalue weighted by Gasteiger charge is 2.11. The highest BCUT2D eigenvalue weighted by molar-refractivity contribution is 6.42. The van der Waals surface area contributed by atoms with Gasteiger partial charge in [-0.05, 0) is 42.5 Å². The van der Waals surface area contributed by atoms with Crippen molar-refractivity contribution in [1.82, 2.24) is 0 Å². The first kappa shape index (κ1) is 16.3. The topological polar surface area (TPSA) is 58.2 Å². The fraction of sp³-hybridized carbons (Fsp3) is 0.0667. The van der Waals surface area contributed by atoms with E-state index in [2.05, 4.69) is 10.6 Å². The highest BCUT2D eigenvalue weighted by atomic mass is 35.5. The molecule has 0 aliphatic heterocycles. The quantitative estimate of drug-likeness (QED) is 0.823. The Labute approximate surface area is 136 Å². The van der Waals surface area contributed by atoms with Crippen LogP contribution in [0.25, 0.3) is 0 Å². The van der Waals surface area contributed by atoms with Gasteiger partial charge in [-0.1, -0.05) is 23.2 Å². The molecule has 22 heavy (non-hydrogen) atoms. The van der Waals surface area contributed by atoms with Crippen LogP contribution in [0.5, 0.6) is 0 Å². The third-order valence-corrected chi connectivity index (χ3v) is 3.39. The molecular formula is C15H11Cl2FN2O2. The molecule has 2 aromatic rings. The van der Waals surface area contributed by atoms with Crippen LogP contribution in [0.1, 0.15) is 6.42 Å². The van der Waals surface area contributed by atoms with Gasteiger partial charge in [0.25, 0.3) is 0 Å². The molecule has 0 radical (unpaired) electrons. The van der Waals surface area contributed by atoms with Crippen molar-refractivity contribution in [1.29, 1.82) is 0 Å². The van der Waals surface area contributed by atoms with Gasteiger partial charge in [0.2, 0.25) is 11.8 Å². The summed E-state index contributed by atoms with van der Waals surface area (Å²) in [6.07, 6.45) is -0.377. The summed E-state index contributed by atoms with van der Waals surface area (Å²) in [4.78, 5) is 23.5. The van der Waals surface area contributed by atoms with Crippen LogP contribution in [0.2, 0.25) is 10.0 Å². The van der Waals surface area contributed by atoms with E-state index in [4.69, 9.17) is 23.2 Å². The average Bonchev–Trinajstić information content (AvgIpc) is 2.45. The second-order valence-corrected chi connectivity index (χ2v) is 5.22. The van der Waals surface area contributed by atoms with Crippen LogP contribution in [0.3, 0.4) is 0 Å². The van der Waals surface area contributed by atoms with Crippen molar-refractivity contribution in [3.63, 3.8) is 0 Å². The van der Waals surface area contributed by atoms with E-state index in [9.17, 15) is 14.0 Å². The Kier molecular flexibility index (Phi) is 5.35. The molecule has 114 valence electrons. The first-order valence-electron chi connectivity index (χ1n) is 6.24. The van der Waals surface area contributed by atoms with Crippen molar-refractivity contribution >= 4 is 46.4 Å². The molecule has 0 fully saturated rings. The van der Waals surface area contributed by atoms with Crippen molar-refractivity contribution in [3.8, 4) is 0 Å². The van der Waals surface area contributed by atoms with Crippen LogP contribution < -0.4 is 10.6 Å². The Hall–Kier alpha value is -2.11. The molecule has 2 rings (SSSR count). The summed E-state index contributed by atoms with van der Waals surface area (Å²) in [6.45, 7) is 0. The predicted octanol–water partition coefficient (Wildman–Crippen LogP) is 4.10. The third kappa shape index (κ3) is 4.72. The molecule has 0 spiro atoms. The Morgan fingerprint density at radius 1 is 0.864 bits per heavy atom. The van der Waals surface area contributed by atoms with Gasteiger partial charge >= 0.3 is 0 Å². The van der Waals surface area contributed by atoms with E-state index in [1.54, 1.807) is 6.07 Å². The lowest BCUT2D eigenvalue weighted by molar-refractivity contribution is -0.123. The van der Waals surface area contributed by atoms with Crippen molar-refractivity contribution in [2.24, 2.45) is 0 Å². The van der Waals surface area contributed by atoms with Crippen molar-refractivity contribution < 1.29 is 14.0 Å². The van der Waals surface area contributed by atoms with Crippen LogP contribution >= 0.6 is 23.2 Å². The molecule has 0 aliphatic carbocycles. The van der Waals surface area contributed by atoms with E-state index in [0.717, 1.165) is 0 Å². The molecule has 0 aromatic heterocycles. The van der Waals surface area contributed by atoms with Crippen LogP contribution in [0.15, 0.2) is 42.5 Å². The Bertz CT molecular complexity index is 705. The van der Waals surface area contributed by atoms with E-state index >= 15 is 0 Å². The molecule has 0 saturated heterocycles. The molecule has 0 saturated carbocycles. The molecule has 2 amide bonds. The highest BCUT2D eigenvalue weighted by Crippen LogP contribution is 2.25. The summed E-state index contributed by atoms with van der Waals surface area (Å²) < 4.78 is 12.7. The lowest BCUT2D eigenvalue weighted by Gasteiger charge is -2.07. The van der Waals surface area contributed by atoms with Crippen LogP contribution in [-0.4, -0.2) is 11.8 Å². The molecule has 0 aliphatic rings. The van der Waals surface area contributed by atoms with Gasteiger partial charge in [0.05, 0.1) is 10.0 Å². The Morgan fingerprint density at radius 2 is 1.41 bits per heavy atom. The van der Waals surface area contributed by atoms with Crippen molar-refractivity contribution in [2.75, 3.05) is 10.6 Å². The van der Waals surface area contributed by atoms with Crippen LogP contribution in [0, 0.1) is 5.82 Å². The molecule has 4 nitrogen and oxygen atoms in total. The minimum atomic E-state index is -0.510. The molecule has 7 heteroatoms. The minimum absolute atomic E-state index is 0.301. The number of benzene rings is 2. The Morgan fingerprint density at radius 3 is 2.00 bits per heavy atom. The first-order valence-corrected chi connectivity index (χ1v) is 7.00. The summed E-state index contributed by atoms with van der Waals surface area (Å²) in [6, 6.07) is 9.84. The maximum atomic E-state index is 12.7. The zero-order valence-corrected chi connectivity index (χ0v) is 12.7. The monoisotopic (exact) mass is 340 g/mol. The van der Waals surface area contributed by atoms with Gasteiger partial charge < -0.3 is 10.6 Å². The average molecular weight is 341 g/mol. The number of carbonyl (C=O) groups is 2. The van der Waals surface area contributed by atoms with Gasteiger partial charge in [0.1, 0.15) is 12.2 Å². The molecule has 0 heterocycles. The van der Waals surface area contributed by atoms with Gasteiger partial charge in [-0.25, -0.2) is 4.39 Å². The number of carbonyl (C=O) groups excluding carboxylic acids is 2. The maximum absolute atomic E-state index is 12.7. The number of rotatable bonds is 4. The normalized spacial score (nSPS) is 10.1. The lowest BCUT2D eigenvalue weighted by atomic mass is 10.2. The van der Waals surface area contributed by atoms with Crippen molar-refractivity contribution in [3.05, 3.63) is 58.3 Å². The summed E-state index contributed by atoms with van der Waals surface area (Å²) in [5, 5.41) is 5.70. The standard InChI is InChI=1S/C15H11Cl2FN2O2/c16-12-6-5-11(7-13(12)17)20-15(22)8-14(21)19-10-3-1-9(18)2-4-10/h1-7H,8H2,(H,19,21)(H,20,22). The SMILES string of the molecule is O=C(CC(=O)Nc1ccc(Cl)c(Cl)c1)Nc1ccc(F)cc1. The fourth-order valence-electron chi connectivity index (χ4n) is 1.66. The van der Waals surface area contributed by atoms with Crippen LogP contribution in [-0.2, 0) is 9.59 Å². The first-order chi connectivity index (χ1) is 10.4. The number of nitrogens with one attached hydrogen (secondary N) is 2. The number of amides is 2. The molecular weight excluding hydrogens is 330 g/mol. The maximum Gasteiger partial charge on any atom is 0.233 e. The van der Waals surface area contributed by atoms with Gasteiger partial charge in [0, 0.05) is 11.4 Å². The molecule has 2 aromatic carbocycles. The predicted molar refractivity (Wildman–Crippen MR) is 84.7 cm³/mol. The third-order valence-electron chi connectivity index (χ3n) is 2.65. The fourth-order valence-corrected chi connectivity index (χ4v) is 1.96. The van der Waals surface area contributed by atoms with E-state index in [1.165, 1.54) is 36.4 Å². The molecule has 2 N–H and O–H groups in total. The van der Waals surface area contributed by atoms with Crippen molar-refractivity contribution in [2.45, 2.75) is 6.42 Å². The van der Waals surface area contributed by atoms with Gasteiger partial charge in [0.15, 0.2) is 0 Å². The minimum Gasteiger partial charge on any atom is -0.326 e.